The predicted octanol–water partition coefficient (Wildman–Crippen LogP) is 7.46. The lowest BCUT2D eigenvalue weighted by molar-refractivity contribution is -0.141. The van der Waals surface area contributed by atoms with Crippen LogP contribution >= 0.6 is 0 Å². The zero-order valence-electron chi connectivity index (χ0n) is 21.3. The maximum absolute atomic E-state index is 10.9. The van der Waals surface area contributed by atoms with Gasteiger partial charge >= 0.3 is 5.97 Å². The number of rotatable bonds is 11. The van der Waals surface area contributed by atoms with Crippen LogP contribution in [0.4, 0.5) is 0 Å². The van der Waals surface area contributed by atoms with Gasteiger partial charge in [0.05, 0.1) is 19.1 Å². The molecule has 0 amide bonds. The number of ether oxygens (including phenoxy) is 3. The lowest BCUT2D eigenvalue weighted by Gasteiger charge is -2.11. The van der Waals surface area contributed by atoms with E-state index in [1.807, 2.05) is 82.3 Å². The Balaban J connectivity index is 0.00000137. The molecule has 0 radical (unpaired) electrons. The molecule has 1 atom stereocenters. The maximum atomic E-state index is 10.9. The number of benzene rings is 2. The first kappa shape index (κ1) is 28.8. The largest absolute Gasteiger partial charge is 0.493 e. The number of hydrogen-bond donors (Lipinski definition) is 1. The van der Waals surface area contributed by atoms with E-state index >= 15 is 0 Å². The highest BCUT2D eigenvalue weighted by Crippen LogP contribution is 2.22. The quantitative estimate of drug-likeness (QED) is 0.347. The van der Waals surface area contributed by atoms with Gasteiger partial charge in [0.25, 0.3) is 0 Å². The Bertz CT molecular complexity index is 866. The summed E-state index contributed by atoms with van der Waals surface area (Å²) in [5, 5.41) is 8.98. The SMILES string of the molecule is CC.CC.C[C@@H](Cc1ccc(OCCCOc2ccc(OC3=CCCC=C3)cc2)cc1)C(=O)O. The van der Waals surface area contributed by atoms with Gasteiger partial charge in [0.2, 0.25) is 0 Å². The summed E-state index contributed by atoms with van der Waals surface area (Å²) >= 11 is 0. The molecule has 186 valence electrons. The molecule has 1 aliphatic carbocycles. The monoisotopic (exact) mass is 468 g/mol. The molecule has 2 aromatic rings. The minimum Gasteiger partial charge on any atom is -0.493 e. The third-order valence-corrected chi connectivity index (χ3v) is 4.73. The Kier molecular flexibility index (Phi) is 14.7. The third-order valence-electron chi connectivity index (χ3n) is 4.73. The first-order valence-corrected chi connectivity index (χ1v) is 12.3. The Labute approximate surface area is 205 Å². The summed E-state index contributed by atoms with van der Waals surface area (Å²) in [6, 6.07) is 15.2. The molecule has 5 heteroatoms. The topological polar surface area (TPSA) is 65.0 Å². The summed E-state index contributed by atoms with van der Waals surface area (Å²) in [6.07, 6.45) is 9.56. The maximum Gasteiger partial charge on any atom is 0.306 e. The van der Waals surface area contributed by atoms with Crippen LogP contribution in [0.5, 0.6) is 17.2 Å². The van der Waals surface area contributed by atoms with Crippen molar-refractivity contribution in [3.05, 3.63) is 78.1 Å². The molecule has 0 fully saturated rings. The molecule has 2 aromatic carbocycles. The minimum atomic E-state index is -0.781. The van der Waals surface area contributed by atoms with Crippen molar-refractivity contribution in [3.63, 3.8) is 0 Å². The summed E-state index contributed by atoms with van der Waals surface area (Å²) < 4.78 is 17.3. The summed E-state index contributed by atoms with van der Waals surface area (Å²) in [6.45, 7) is 10.8. The summed E-state index contributed by atoms with van der Waals surface area (Å²) in [7, 11) is 0. The van der Waals surface area contributed by atoms with Gasteiger partial charge in [-0.1, -0.05) is 52.8 Å². The molecule has 0 saturated heterocycles. The summed E-state index contributed by atoms with van der Waals surface area (Å²) in [4.78, 5) is 10.9. The number of aliphatic carboxylic acids is 1. The fourth-order valence-electron chi connectivity index (χ4n) is 3.01. The molecule has 0 saturated carbocycles. The predicted molar refractivity (Wildman–Crippen MR) is 139 cm³/mol. The van der Waals surface area contributed by atoms with Crippen molar-refractivity contribution in [2.45, 2.75) is 60.3 Å². The fraction of sp³-hybridized carbons (Fsp3) is 0.414. The highest BCUT2D eigenvalue weighted by molar-refractivity contribution is 5.69. The first-order valence-electron chi connectivity index (χ1n) is 12.3. The van der Waals surface area contributed by atoms with Crippen molar-refractivity contribution in [2.24, 2.45) is 5.92 Å². The molecule has 0 spiro atoms. The molecule has 5 nitrogen and oxygen atoms in total. The number of carbonyl (C=O) groups is 1. The normalized spacial score (nSPS) is 12.7. The zero-order valence-corrected chi connectivity index (χ0v) is 21.3. The van der Waals surface area contributed by atoms with Crippen LogP contribution in [0.3, 0.4) is 0 Å². The first-order chi connectivity index (χ1) is 16.6. The van der Waals surface area contributed by atoms with E-state index in [2.05, 4.69) is 12.2 Å². The molecule has 3 rings (SSSR count). The van der Waals surface area contributed by atoms with Crippen LogP contribution in [0.1, 0.15) is 59.4 Å². The second-order valence-electron chi connectivity index (χ2n) is 7.30. The fourth-order valence-corrected chi connectivity index (χ4v) is 3.01. The van der Waals surface area contributed by atoms with E-state index in [9.17, 15) is 4.79 Å². The van der Waals surface area contributed by atoms with Crippen molar-refractivity contribution in [1.82, 2.24) is 0 Å². The van der Waals surface area contributed by atoms with Crippen LogP contribution in [-0.4, -0.2) is 24.3 Å². The summed E-state index contributed by atoms with van der Waals surface area (Å²) in [5.74, 6) is 2.08. The number of allylic oxidation sites excluding steroid dienone is 3. The van der Waals surface area contributed by atoms with E-state index < -0.39 is 11.9 Å². The van der Waals surface area contributed by atoms with Gasteiger partial charge in [-0.3, -0.25) is 4.79 Å². The van der Waals surface area contributed by atoms with Crippen LogP contribution in [0.15, 0.2) is 72.5 Å². The third kappa shape index (κ3) is 11.1. The van der Waals surface area contributed by atoms with Gasteiger partial charge < -0.3 is 19.3 Å². The molecule has 1 N–H and O–H groups in total. The average Bonchev–Trinajstić information content (AvgIpc) is 2.89. The molecule has 0 unspecified atom stereocenters. The zero-order chi connectivity index (χ0) is 25.2. The van der Waals surface area contributed by atoms with Gasteiger partial charge in [0, 0.05) is 6.42 Å². The van der Waals surface area contributed by atoms with E-state index in [-0.39, 0.29) is 0 Å². The Hall–Kier alpha value is -3.21. The van der Waals surface area contributed by atoms with Crippen LogP contribution < -0.4 is 14.2 Å². The van der Waals surface area contributed by atoms with E-state index in [1.165, 1.54) is 0 Å². The standard InChI is InChI=1S/C25H28O5.2C2H6/c1-19(25(26)27)18-20-8-10-21(11-9-20)28-16-5-17-29-22-12-14-24(15-13-22)30-23-6-3-2-4-7-23;2*1-2/h3,6-15,19H,2,4-5,16-18H2,1H3,(H,26,27);2*1-2H3/t19-;;/m0../s1. The smallest absolute Gasteiger partial charge is 0.306 e. The van der Waals surface area contributed by atoms with Gasteiger partial charge in [-0.15, -0.1) is 0 Å². The molecule has 1 aliphatic rings. The van der Waals surface area contributed by atoms with E-state index in [1.54, 1.807) is 6.92 Å². The van der Waals surface area contributed by atoms with E-state index in [0.29, 0.717) is 19.6 Å². The molecular weight excluding hydrogens is 428 g/mol. The molecule has 0 bridgehead atoms. The van der Waals surface area contributed by atoms with Crippen molar-refractivity contribution in [1.29, 1.82) is 0 Å². The Morgan fingerprint density at radius 3 is 1.88 bits per heavy atom. The average molecular weight is 469 g/mol. The minimum absolute atomic E-state index is 0.393. The van der Waals surface area contributed by atoms with Crippen LogP contribution in [0.2, 0.25) is 0 Å². The second kappa shape index (κ2) is 17.3. The van der Waals surface area contributed by atoms with Crippen molar-refractivity contribution in [2.75, 3.05) is 13.2 Å². The molecule has 0 aromatic heterocycles. The number of hydrogen-bond acceptors (Lipinski definition) is 4. The Morgan fingerprint density at radius 2 is 1.38 bits per heavy atom. The van der Waals surface area contributed by atoms with Gasteiger partial charge in [0.15, 0.2) is 0 Å². The van der Waals surface area contributed by atoms with Crippen LogP contribution in [-0.2, 0) is 11.2 Å². The molecular formula is C29H40O5. The number of carboxylic acid groups (broad SMARTS) is 1. The van der Waals surface area contributed by atoms with Crippen molar-refractivity contribution >= 4 is 5.97 Å². The Morgan fingerprint density at radius 1 is 0.853 bits per heavy atom. The van der Waals surface area contributed by atoms with Crippen molar-refractivity contribution < 1.29 is 24.1 Å². The lowest BCUT2D eigenvalue weighted by atomic mass is 10.0. The van der Waals surface area contributed by atoms with Gasteiger partial charge in [0.1, 0.15) is 23.0 Å². The second-order valence-corrected chi connectivity index (χ2v) is 7.30. The van der Waals surface area contributed by atoms with Crippen LogP contribution in [0.25, 0.3) is 0 Å². The van der Waals surface area contributed by atoms with E-state index in [4.69, 9.17) is 19.3 Å². The molecule has 0 heterocycles. The van der Waals surface area contributed by atoms with Crippen molar-refractivity contribution in [3.8, 4) is 17.2 Å². The molecule has 34 heavy (non-hydrogen) atoms. The summed E-state index contributed by atoms with van der Waals surface area (Å²) in [5.41, 5.74) is 0.990. The highest BCUT2D eigenvalue weighted by Gasteiger charge is 2.11. The van der Waals surface area contributed by atoms with Crippen LogP contribution in [0, 0.1) is 5.92 Å². The lowest BCUT2D eigenvalue weighted by Crippen LogP contribution is -2.12. The number of carboxylic acids is 1. The highest BCUT2D eigenvalue weighted by atomic mass is 16.5. The van der Waals surface area contributed by atoms with Gasteiger partial charge in [-0.05, 0) is 73.4 Å². The van der Waals surface area contributed by atoms with Gasteiger partial charge in [-0.25, -0.2) is 0 Å². The molecule has 0 aliphatic heterocycles. The van der Waals surface area contributed by atoms with E-state index in [0.717, 1.165) is 47.8 Å². The van der Waals surface area contributed by atoms with Gasteiger partial charge in [-0.2, -0.15) is 0 Å².